The smallest absolute Gasteiger partial charge is 0.123 e. The van der Waals surface area contributed by atoms with Gasteiger partial charge in [-0.05, 0) is 37.5 Å². The van der Waals surface area contributed by atoms with E-state index < -0.39 is 0 Å². The summed E-state index contributed by atoms with van der Waals surface area (Å²) >= 11 is 3.30. The normalized spacial score (nSPS) is 12.4. The van der Waals surface area contributed by atoms with Crippen LogP contribution in [0.3, 0.4) is 0 Å². The molecule has 1 unspecified atom stereocenters. The van der Waals surface area contributed by atoms with Crippen molar-refractivity contribution in [2.45, 2.75) is 25.8 Å². The quantitative estimate of drug-likeness (QED) is 0.841. The average molecular weight is 286 g/mol. The van der Waals surface area contributed by atoms with Crippen molar-refractivity contribution < 1.29 is 4.39 Å². The van der Waals surface area contributed by atoms with Crippen LogP contribution in [-0.2, 0) is 6.42 Å². The summed E-state index contributed by atoms with van der Waals surface area (Å²) in [6.07, 6.45) is 1.88. The Kier molecular flexibility index (Phi) is 5.71. The van der Waals surface area contributed by atoms with Crippen LogP contribution in [0, 0.1) is 5.82 Å². The second-order valence-electron chi connectivity index (χ2n) is 3.97. The molecule has 3 heteroatoms. The zero-order valence-electron chi connectivity index (χ0n) is 9.47. The third kappa shape index (κ3) is 5.42. The van der Waals surface area contributed by atoms with E-state index in [0.29, 0.717) is 6.04 Å². The number of hydrogen-bond acceptors (Lipinski definition) is 1. The Morgan fingerprint density at radius 3 is 2.94 bits per heavy atom. The van der Waals surface area contributed by atoms with Crippen molar-refractivity contribution in [1.29, 1.82) is 0 Å². The number of benzene rings is 1. The average Bonchev–Trinajstić information content (AvgIpc) is 2.23. The SMILES string of the molecule is C=C(Br)CNC(C)CCc1cccc(F)c1. The van der Waals surface area contributed by atoms with Gasteiger partial charge in [0.05, 0.1) is 0 Å². The summed E-state index contributed by atoms with van der Waals surface area (Å²) in [6, 6.07) is 7.18. The highest BCUT2D eigenvalue weighted by Crippen LogP contribution is 2.08. The maximum atomic E-state index is 12.9. The first-order valence-electron chi connectivity index (χ1n) is 5.39. The molecule has 0 heterocycles. The van der Waals surface area contributed by atoms with Crippen molar-refractivity contribution in [3.05, 3.63) is 46.7 Å². The molecule has 16 heavy (non-hydrogen) atoms. The Hall–Kier alpha value is -0.670. The van der Waals surface area contributed by atoms with Crippen LogP contribution in [0.2, 0.25) is 0 Å². The number of hydrogen-bond donors (Lipinski definition) is 1. The Bertz CT molecular complexity index is 352. The lowest BCUT2D eigenvalue weighted by atomic mass is 10.1. The van der Waals surface area contributed by atoms with Crippen molar-refractivity contribution in [1.82, 2.24) is 5.32 Å². The molecule has 0 amide bonds. The van der Waals surface area contributed by atoms with Gasteiger partial charge in [-0.15, -0.1) is 0 Å². The molecule has 1 nitrogen and oxygen atoms in total. The fraction of sp³-hybridized carbons (Fsp3) is 0.385. The van der Waals surface area contributed by atoms with Crippen LogP contribution in [0.1, 0.15) is 18.9 Å². The van der Waals surface area contributed by atoms with Crippen LogP contribution in [0.4, 0.5) is 4.39 Å². The third-order valence-corrected chi connectivity index (χ3v) is 2.68. The first kappa shape index (κ1) is 13.4. The molecule has 0 saturated heterocycles. The molecule has 0 fully saturated rings. The first-order valence-corrected chi connectivity index (χ1v) is 6.18. The highest BCUT2D eigenvalue weighted by Gasteiger charge is 2.02. The Balaban J connectivity index is 2.31. The molecule has 1 aromatic carbocycles. The zero-order chi connectivity index (χ0) is 12.0. The summed E-state index contributed by atoms with van der Waals surface area (Å²) in [6.45, 7) is 6.65. The molecule has 0 aliphatic rings. The molecular formula is C13H17BrFN. The molecule has 0 radical (unpaired) electrons. The summed E-state index contributed by atoms with van der Waals surface area (Å²) in [5, 5.41) is 3.33. The van der Waals surface area contributed by atoms with E-state index in [9.17, 15) is 4.39 Å². The molecule has 0 bridgehead atoms. The van der Waals surface area contributed by atoms with E-state index in [0.717, 1.165) is 29.4 Å². The molecule has 1 aromatic rings. The van der Waals surface area contributed by atoms with Crippen molar-refractivity contribution in [2.24, 2.45) is 0 Å². The monoisotopic (exact) mass is 285 g/mol. The molecule has 1 rings (SSSR count). The topological polar surface area (TPSA) is 12.0 Å². The van der Waals surface area contributed by atoms with E-state index in [4.69, 9.17) is 0 Å². The number of aryl methyl sites for hydroxylation is 1. The van der Waals surface area contributed by atoms with Gasteiger partial charge < -0.3 is 5.32 Å². The van der Waals surface area contributed by atoms with Crippen LogP contribution in [0.15, 0.2) is 35.3 Å². The van der Waals surface area contributed by atoms with Gasteiger partial charge in [0.25, 0.3) is 0 Å². The van der Waals surface area contributed by atoms with Gasteiger partial charge in [-0.2, -0.15) is 0 Å². The maximum absolute atomic E-state index is 12.9. The highest BCUT2D eigenvalue weighted by molar-refractivity contribution is 9.11. The van der Waals surface area contributed by atoms with Gasteiger partial charge in [0.2, 0.25) is 0 Å². The molecule has 0 saturated carbocycles. The number of nitrogens with one attached hydrogen (secondary N) is 1. The van der Waals surface area contributed by atoms with Gasteiger partial charge in [-0.3, -0.25) is 0 Å². The zero-order valence-corrected chi connectivity index (χ0v) is 11.1. The molecule has 0 aromatic heterocycles. The Morgan fingerprint density at radius 1 is 1.56 bits per heavy atom. The number of halogens is 2. The summed E-state index contributed by atoms with van der Waals surface area (Å²) in [4.78, 5) is 0. The third-order valence-electron chi connectivity index (χ3n) is 2.40. The summed E-state index contributed by atoms with van der Waals surface area (Å²) in [5.74, 6) is -0.160. The van der Waals surface area contributed by atoms with Crippen molar-refractivity contribution in [3.63, 3.8) is 0 Å². The van der Waals surface area contributed by atoms with Crippen LogP contribution in [0.5, 0.6) is 0 Å². The second kappa shape index (κ2) is 6.81. The van der Waals surface area contributed by atoms with Gasteiger partial charge >= 0.3 is 0 Å². The molecule has 0 aliphatic heterocycles. The van der Waals surface area contributed by atoms with Gasteiger partial charge in [-0.25, -0.2) is 4.39 Å². The molecule has 1 atom stereocenters. The van der Waals surface area contributed by atoms with Crippen LogP contribution in [0.25, 0.3) is 0 Å². The number of rotatable bonds is 6. The lowest BCUT2D eigenvalue weighted by Gasteiger charge is -2.13. The summed E-state index contributed by atoms with van der Waals surface area (Å²) in [5.41, 5.74) is 1.05. The first-order chi connectivity index (χ1) is 7.58. The standard InChI is InChI=1S/C13H17BrFN/c1-10(14)9-16-11(2)6-7-12-4-3-5-13(15)8-12/h3-5,8,11,16H,1,6-7,9H2,2H3. The minimum Gasteiger partial charge on any atom is -0.310 e. The molecular weight excluding hydrogens is 269 g/mol. The summed E-state index contributed by atoms with van der Waals surface area (Å²) < 4.78 is 13.9. The van der Waals surface area contributed by atoms with Crippen LogP contribution < -0.4 is 5.32 Å². The van der Waals surface area contributed by atoms with E-state index in [1.54, 1.807) is 12.1 Å². The van der Waals surface area contributed by atoms with Gasteiger partial charge in [0, 0.05) is 17.1 Å². The van der Waals surface area contributed by atoms with E-state index in [2.05, 4.69) is 34.7 Å². The Morgan fingerprint density at radius 2 is 2.31 bits per heavy atom. The largest absolute Gasteiger partial charge is 0.310 e. The van der Waals surface area contributed by atoms with Crippen molar-refractivity contribution in [3.8, 4) is 0 Å². The van der Waals surface area contributed by atoms with E-state index in [-0.39, 0.29) is 5.82 Å². The van der Waals surface area contributed by atoms with Gasteiger partial charge in [0.1, 0.15) is 5.82 Å². The lowest BCUT2D eigenvalue weighted by Crippen LogP contribution is -2.27. The minimum absolute atomic E-state index is 0.160. The summed E-state index contributed by atoms with van der Waals surface area (Å²) in [7, 11) is 0. The minimum atomic E-state index is -0.160. The second-order valence-corrected chi connectivity index (χ2v) is 5.09. The molecule has 0 aliphatic carbocycles. The lowest BCUT2D eigenvalue weighted by molar-refractivity contribution is 0.540. The molecule has 1 N–H and O–H groups in total. The predicted molar refractivity (Wildman–Crippen MR) is 70.3 cm³/mol. The fourth-order valence-corrected chi connectivity index (χ4v) is 1.62. The maximum Gasteiger partial charge on any atom is 0.123 e. The highest BCUT2D eigenvalue weighted by atomic mass is 79.9. The van der Waals surface area contributed by atoms with Gasteiger partial charge in [-0.1, -0.05) is 34.6 Å². The van der Waals surface area contributed by atoms with E-state index in [1.165, 1.54) is 6.07 Å². The fourth-order valence-electron chi connectivity index (χ4n) is 1.46. The van der Waals surface area contributed by atoms with E-state index >= 15 is 0 Å². The Labute approximate surface area is 105 Å². The van der Waals surface area contributed by atoms with Crippen LogP contribution in [-0.4, -0.2) is 12.6 Å². The van der Waals surface area contributed by atoms with Crippen molar-refractivity contribution >= 4 is 15.9 Å². The molecule has 88 valence electrons. The van der Waals surface area contributed by atoms with E-state index in [1.807, 2.05) is 6.07 Å². The van der Waals surface area contributed by atoms with Crippen LogP contribution >= 0.6 is 15.9 Å². The van der Waals surface area contributed by atoms with Gasteiger partial charge in [0.15, 0.2) is 0 Å². The van der Waals surface area contributed by atoms with Crippen molar-refractivity contribution in [2.75, 3.05) is 6.54 Å². The predicted octanol–water partition coefficient (Wildman–Crippen LogP) is 3.65. The molecule has 0 spiro atoms.